The second-order valence-electron chi connectivity index (χ2n) is 7.62. The molecule has 0 bridgehead atoms. The molecule has 0 aromatic heterocycles. The largest absolute Gasteiger partial charge is 0.507 e. The quantitative estimate of drug-likeness (QED) is 0.336. The SMILES string of the molecule is COCCN1C(=O)C(=O)/C(=C(/O)c2cc(OC)ccc2OC)C1c1cccc2ccccc12. The summed E-state index contributed by atoms with van der Waals surface area (Å²) in [5, 5.41) is 13.3. The second-order valence-corrected chi connectivity index (χ2v) is 7.62. The molecule has 1 aliphatic rings. The highest BCUT2D eigenvalue weighted by Gasteiger charge is 2.46. The molecule has 1 N–H and O–H groups in total. The number of carbonyl (C=O) groups is 2. The average molecular weight is 447 g/mol. The van der Waals surface area contributed by atoms with Gasteiger partial charge in [0, 0.05) is 13.7 Å². The molecule has 1 unspecified atom stereocenters. The van der Waals surface area contributed by atoms with Gasteiger partial charge >= 0.3 is 0 Å². The minimum atomic E-state index is -0.790. The Morgan fingerprint density at radius 2 is 1.73 bits per heavy atom. The Labute approximate surface area is 191 Å². The van der Waals surface area contributed by atoms with Crippen molar-refractivity contribution in [2.45, 2.75) is 6.04 Å². The molecule has 0 aliphatic carbocycles. The number of Topliss-reactive ketones (excluding diaryl/α,β-unsaturated/α-hetero) is 1. The number of nitrogens with zero attached hydrogens (tertiary/aromatic N) is 1. The molecule has 0 radical (unpaired) electrons. The summed E-state index contributed by atoms with van der Waals surface area (Å²) in [5.74, 6) is -0.928. The van der Waals surface area contributed by atoms with E-state index in [1.54, 1.807) is 18.2 Å². The third-order valence-corrected chi connectivity index (χ3v) is 5.86. The Balaban J connectivity index is 1.99. The smallest absolute Gasteiger partial charge is 0.295 e. The Hall–Kier alpha value is -3.84. The van der Waals surface area contributed by atoms with Crippen LogP contribution in [0, 0.1) is 0 Å². The van der Waals surface area contributed by atoms with Gasteiger partial charge in [-0.05, 0) is 34.5 Å². The highest BCUT2D eigenvalue weighted by Crippen LogP contribution is 2.43. The van der Waals surface area contributed by atoms with Gasteiger partial charge in [0.15, 0.2) is 0 Å². The fraction of sp³-hybridized carbons (Fsp3) is 0.231. The van der Waals surface area contributed by atoms with E-state index in [-0.39, 0.29) is 30.0 Å². The molecular weight excluding hydrogens is 422 g/mol. The number of hydrogen-bond donors (Lipinski definition) is 1. The maximum atomic E-state index is 13.2. The number of ether oxygens (including phenoxy) is 3. The van der Waals surface area contributed by atoms with Crippen LogP contribution in [0.4, 0.5) is 0 Å². The zero-order valence-electron chi connectivity index (χ0n) is 18.7. The van der Waals surface area contributed by atoms with Crippen LogP contribution in [0.1, 0.15) is 17.2 Å². The first-order valence-electron chi connectivity index (χ1n) is 10.5. The van der Waals surface area contributed by atoms with E-state index in [0.29, 0.717) is 11.5 Å². The molecule has 0 saturated carbocycles. The lowest BCUT2D eigenvalue weighted by atomic mass is 9.91. The van der Waals surface area contributed by atoms with E-state index in [1.165, 1.54) is 26.2 Å². The molecule has 4 rings (SSSR count). The molecule has 3 aromatic carbocycles. The Bertz CT molecular complexity index is 1240. The van der Waals surface area contributed by atoms with Crippen LogP contribution >= 0.6 is 0 Å². The van der Waals surface area contributed by atoms with E-state index in [0.717, 1.165) is 16.3 Å². The Morgan fingerprint density at radius 3 is 2.45 bits per heavy atom. The van der Waals surface area contributed by atoms with Crippen molar-refractivity contribution in [3.8, 4) is 11.5 Å². The molecule has 1 atom stereocenters. The number of rotatable bonds is 7. The number of aliphatic hydroxyl groups excluding tert-OH is 1. The van der Waals surface area contributed by atoms with Gasteiger partial charge in [0.2, 0.25) is 0 Å². The molecule has 1 amide bonds. The minimum Gasteiger partial charge on any atom is -0.507 e. The van der Waals surface area contributed by atoms with Crippen molar-refractivity contribution < 1.29 is 28.9 Å². The Morgan fingerprint density at radius 1 is 0.970 bits per heavy atom. The van der Waals surface area contributed by atoms with E-state index >= 15 is 0 Å². The third-order valence-electron chi connectivity index (χ3n) is 5.86. The summed E-state index contributed by atoms with van der Waals surface area (Å²) in [6, 6.07) is 17.6. The standard InChI is InChI=1S/C26H25NO6/c1-31-14-13-27-23(19-10-6-8-16-7-4-5-9-18(16)19)22(25(29)26(27)30)24(28)20-15-17(32-2)11-12-21(20)33-3/h4-12,15,23,28H,13-14H2,1-3H3/b24-22+. The molecule has 170 valence electrons. The number of hydrogen-bond acceptors (Lipinski definition) is 6. The maximum Gasteiger partial charge on any atom is 0.295 e. The van der Waals surface area contributed by atoms with Gasteiger partial charge in [-0.25, -0.2) is 0 Å². The van der Waals surface area contributed by atoms with Crippen molar-refractivity contribution in [3.05, 3.63) is 77.4 Å². The van der Waals surface area contributed by atoms with E-state index in [2.05, 4.69) is 0 Å². The average Bonchev–Trinajstić information content (AvgIpc) is 3.10. The zero-order chi connectivity index (χ0) is 23.5. The van der Waals surface area contributed by atoms with Crippen LogP contribution in [0.15, 0.2) is 66.2 Å². The van der Waals surface area contributed by atoms with E-state index in [9.17, 15) is 14.7 Å². The number of amides is 1. The molecule has 1 heterocycles. The molecular formula is C26H25NO6. The molecule has 7 heteroatoms. The zero-order valence-corrected chi connectivity index (χ0v) is 18.7. The van der Waals surface area contributed by atoms with Crippen molar-refractivity contribution in [2.75, 3.05) is 34.5 Å². The fourth-order valence-corrected chi connectivity index (χ4v) is 4.26. The van der Waals surface area contributed by atoms with Crippen molar-refractivity contribution in [2.24, 2.45) is 0 Å². The van der Waals surface area contributed by atoms with Crippen molar-refractivity contribution in [3.63, 3.8) is 0 Å². The van der Waals surface area contributed by atoms with Crippen molar-refractivity contribution in [1.29, 1.82) is 0 Å². The predicted octanol–water partition coefficient (Wildman–Crippen LogP) is 3.93. The first kappa shape index (κ1) is 22.4. The lowest BCUT2D eigenvalue weighted by Gasteiger charge is -2.26. The normalized spacial score (nSPS) is 17.5. The van der Waals surface area contributed by atoms with E-state index in [4.69, 9.17) is 14.2 Å². The Kier molecular flexibility index (Phi) is 6.33. The monoisotopic (exact) mass is 447 g/mol. The maximum absolute atomic E-state index is 13.2. The third kappa shape index (κ3) is 3.91. The summed E-state index contributed by atoms with van der Waals surface area (Å²) < 4.78 is 15.9. The molecule has 1 saturated heterocycles. The number of likely N-dealkylation sites (tertiary alicyclic amines) is 1. The van der Waals surface area contributed by atoms with Crippen LogP contribution < -0.4 is 9.47 Å². The first-order valence-corrected chi connectivity index (χ1v) is 10.5. The van der Waals surface area contributed by atoms with Gasteiger partial charge in [-0.2, -0.15) is 0 Å². The van der Waals surface area contributed by atoms with Gasteiger partial charge in [-0.1, -0.05) is 42.5 Å². The predicted molar refractivity (Wildman–Crippen MR) is 124 cm³/mol. The molecule has 0 spiro atoms. The highest BCUT2D eigenvalue weighted by molar-refractivity contribution is 6.46. The summed E-state index contributed by atoms with van der Waals surface area (Å²) in [6.07, 6.45) is 0. The van der Waals surface area contributed by atoms with Crippen LogP contribution in [0.5, 0.6) is 11.5 Å². The summed E-state index contributed by atoms with van der Waals surface area (Å²) in [7, 11) is 4.51. The highest BCUT2D eigenvalue weighted by atomic mass is 16.5. The molecule has 3 aromatic rings. The lowest BCUT2D eigenvalue weighted by Crippen LogP contribution is -2.32. The van der Waals surface area contributed by atoms with E-state index in [1.807, 2.05) is 42.5 Å². The van der Waals surface area contributed by atoms with Crippen LogP contribution in [0.3, 0.4) is 0 Å². The number of carbonyl (C=O) groups excluding carboxylic acids is 2. The van der Waals surface area contributed by atoms with Gasteiger partial charge < -0.3 is 24.2 Å². The second kappa shape index (κ2) is 9.34. The molecule has 1 aliphatic heterocycles. The van der Waals surface area contributed by atoms with Crippen LogP contribution in [-0.2, 0) is 14.3 Å². The van der Waals surface area contributed by atoms with Crippen LogP contribution in [0.25, 0.3) is 16.5 Å². The van der Waals surface area contributed by atoms with Gasteiger partial charge in [0.25, 0.3) is 11.7 Å². The first-order chi connectivity index (χ1) is 16.0. The van der Waals surface area contributed by atoms with Crippen LogP contribution in [0.2, 0.25) is 0 Å². The summed E-state index contributed by atoms with van der Waals surface area (Å²) in [5.41, 5.74) is 1.01. The summed E-state index contributed by atoms with van der Waals surface area (Å²) in [4.78, 5) is 27.8. The lowest BCUT2D eigenvalue weighted by molar-refractivity contribution is -0.140. The van der Waals surface area contributed by atoms with Gasteiger partial charge in [-0.3, -0.25) is 9.59 Å². The van der Waals surface area contributed by atoms with Crippen molar-refractivity contribution in [1.82, 2.24) is 4.90 Å². The summed E-state index contributed by atoms with van der Waals surface area (Å²) in [6.45, 7) is 0.442. The number of fused-ring (bicyclic) bond motifs is 1. The van der Waals surface area contributed by atoms with Crippen molar-refractivity contribution >= 4 is 28.2 Å². The topological polar surface area (TPSA) is 85.3 Å². The molecule has 1 fully saturated rings. The number of methoxy groups -OCH3 is 3. The summed E-state index contributed by atoms with van der Waals surface area (Å²) >= 11 is 0. The minimum absolute atomic E-state index is 0.000917. The number of aliphatic hydroxyl groups is 1. The number of benzene rings is 3. The fourth-order valence-electron chi connectivity index (χ4n) is 4.26. The van der Waals surface area contributed by atoms with Gasteiger partial charge in [0.05, 0.1) is 38.0 Å². The van der Waals surface area contributed by atoms with E-state index < -0.39 is 17.7 Å². The molecule has 33 heavy (non-hydrogen) atoms. The molecule has 7 nitrogen and oxygen atoms in total. The van der Waals surface area contributed by atoms with Gasteiger partial charge in [-0.15, -0.1) is 0 Å². The number of ketones is 1. The van der Waals surface area contributed by atoms with Gasteiger partial charge in [0.1, 0.15) is 17.3 Å². The van der Waals surface area contributed by atoms with Crippen LogP contribution in [-0.4, -0.2) is 56.2 Å².